The third-order valence-electron chi connectivity index (χ3n) is 5.25. The molecule has 3 aromatic rings. The lowest BCUT2D eigenvalue weighted by Crippen LogP contribution is -2.12. The lowest BCUT2D eigenvalue weighted by molar-refractivity contribution is -0.0165. The van der Waals surface area contributed by atoms with Gasteiger partial charge in [-0.05, 0) is 54.5 Å². The van der Waals surface area contributed by atoms with Crippen molar-refractivity contribution in [2.75, 3.05) is 6.79 Å². The van der Waals surface area contributed by atoms with Crippen LogP contribution in [0.1, 0.15) is 32.6 Å². The molecular weight excluding hydrogens is 496 g/mol. The van der Waals surface area contributed by atoms with Gasteiger partial charge in [0.1, 0.15) is 23.9 Å². The molecule has 0 atom stereocenters. The number of rotatable bonds is 4. The molecule has 5 nitrogen and oxygen atoms in total. The van der Waals surface area contributed by atoms with Crippen LogP contribution in [-0.4, -0.2) is 12.6 Å². The summed E-state index contributed by atoms with van der Waals surface area (Å²) in [6.45, 7) is 2.88. The molecule has 0 spiro atoms. The molecule has 0 saturated heterocycles. The molecule has 0 N–H and O–H groups in total. The van der Waals surface area contributed by atoms with Crippen LogP contribution in [0, 0.1) is 6.92 Å². The Hall–Kier alpha value is -2.80. The summed E-state index contributed by atoms with van der Waals surface area (Å²) in [6.07, 6.45) is 1.71. The molecule has 0 aliphatic carbocycles. The molecular formula is C25H18BrClO5. The Morgan fingerprint density at radius 1 is 1.16 bits per heavy atom. The smallest absolute Gasteiger partial charge is 0.232 e. The van der Waals surface area contributed by atoms with Crippen LogP contribution in [0.4, 0.5) is 0 Å². The highest BCUT2D eigenvalue weighted by molar-refractivity contribution is 9.10. The van der Waals surface area contributed by atoms with E-state index in [0.717, 1.165) is 26.7 Å². The predicted molar refractivity (Wildman–Crippen MR) is 124 cm³/mol. The number of benzene rings is 3. The van der Waals surface area contributed by atoms with E-state index in [0.29, 0.717) is 41.0 Å². The van der Waals surface area contributed by atoms with Crippen molar-refractivity contribution in [3.63, 3.8) is 0 Å². The summed E-state index contributed by atoms with van der Waals surface area (Å²) in [6, 6.07) is 14.9. The molecule has 2 aliphatic rings. The summed E-state index contributed by atoms with van der Waals surface area (Å²) >= 11 is 9.44. The topological polar surface area (TPSA) is 54.0 Å². The Morgan fingerprint density at radius 2 is 1.97 bits per heavy atom. The van der Waals surface area contributed by atoms with E-state index < -0.39 is 0 Å². The molecule has 0 bridgehead atoms. The second kappa shape index (κ2) is 8.62. The van der Waals surface area contributed by atoms with Crippen molar-refractivity contribution in [3.05, 3.63) is 91.6 Å². The Bertz CT molecular complexity index is 1250. The maximum absolute atomic E-state index is 13.1. The fraction of sp³-hybridized carbons (Fsp3) is 0.160. The molecule has 7 heteroatoms. The Morgan fingerprint density at radius 3 is 2.78 bits per heavy atom. The fourth-order valence-corrected chi connectivity index (χ4v) is 4.41. The quantitative estimate of drug-likeness (QED) is 0.374. The highest BCUT2D eigenvalue weighted by Crippen LogP contribution is 2.39. The average molecular weight is 514 g/mol. The molecule has 0 aromatic heterocycles. The minimum absolute atomic E-state index is 0.164. The SMILES string of the molecule is Cc1cc(OCc2ccc(Cl)cc2)cc2c1C(=O)/C(=C/c1cc(Br)cc3c1OCOC3)O2. The van der Waals surface area contributed by atoms with E-state index in [4.69, 9.17) is 30.5 Å². The number of allylic oxidation sites excluding steroid dienone is 1. The number of ether oxygens (including phenoxy) is 4. The van der Waals surface area contributed by atoms with Gasteiger partial charge in [-0.25, -0.2) is 0 Å². The summed E-state index contributed by atoms with van der Waals surface area (Å²) in [5.74, 6) is 1.89. The van der Waals surface area contributed by atoms with Gasteiger partial charge in [0.2, 0.25) is 5.78 Å². The van der Waals surface area contributed by atoms with Gasteiger partial charge in [0.25, 0.3) is 0 Å². The van der Waals surface area contributed by atoms with Gasteiger partial charge in [-0.15, -0.1) is 0 Å². The molecule has 2 heterocycles. The lowest BCUT2D eigenvalue weighted by atomic mass is 10.0. The standard InChI is InChI=1S/C25H18BrClO5/c1-14-6-20(30-11-15-2-4-19(27)5-3-15)10-21-23(14)24(28)22(32-21)9-16-7-18(26)8-17-12-29-13-31-25(16)17/h2-10H,11-13H2,1H3/b22-9-. The maximum Gasteiger partial charge on any atom is 0.232 e. The third-order valence-corrected chi connectivity index (χ3v) is 5.96. The van der Waals surface area contributed by atoms with Crippen molar-refractivity contribution in [3.8, 4) is 17.2 Å². The molecule has 0 saturated carbocycles. The van der Waals surface area contributed by atoms with Crippen molar-refractivity contribution in [2.45, 2.75) is 20.1 Å². The number of Topliss-reactive ketones (excluding diaryl/α,β-unsaturated/α-hetero) is 1. The number of hydrogen-bond acceptors (Lipinski definition) is 5. The third kappa shape index (κ3) is 4.13. The van der Waals surface area contributed by atoms with Gasteiger partial charge >= 0.3 is 0 Å². The zero-order valence-electron chi connectivity index (χ0n) is 17.1. The summed E-state index contributed by atoms with van der Waals surface area (Å²) in [5.41, 5.74) is 4.00. The Balaban J connectivity index is 1.42. The molecule has 5 rings (SSSR count). The van der Waals surface area contributed by atoms with Gasteiger partial charge in [-0.1, -0.05) is 39.7 Å². The first-order chi connectivity index (χ1) is 15.5. The molecule has 0 unspecified atom stereocenters. The van der Waals surface area contributed by atoms with Gasteiger partial charge in [0.05, 0.1) is 12.2 Å². The Labute approximate surface area is 198 Å². The molecule has 0 radical (unpaired) electrons. The maximum atomic E-state index is 13.1. The first-order valence-corrected chi connectivity index (χ1v) is 11.1. The number of ketones is 1. The van der Waals surface area contributed by atoms with Crippen LogP contribution < -0.4 is 14.2 Å². The van der Waals surface area contributed by atoms with E-state index >= 15 is 0 Å². The normalized spacial score (nSPS) is 15.7. The molecule has 2 aliphatic heterocycles. The zero-order valence-corrected chi connectivity index (χ0v) is 19.5. The van der Waals surface area contributed by atoms with E-state index in [1.54, 1.807) is 12.1 Å². The number of carbonyl (C=O) groups is 1. The van der Waals surface area contributed by atoms with Crippen LogP contribution in [0.25, 0.3) is 6.08 Å². The monoisotopic (exact) mass is 512 g/mol. The van der Waals surface area contributed by atoms with Crippen LogP contribution in [-0.2, 0) is 18.0 Å². The highest BCUT2D eigenvalue weighted by Gasteiger charge is 2.30. The van der Waals surface area contributed by atoms with Crippen molar-refractivity contribution in [1.82, 2.24) is 0 Å². The van der Waals surface area contributed by atoms with Crippen molar-refractivity contribution < 1.29 is 23.7 Å². The minimum atomic E-state index is -0.164. The second-order valence-electron chi connectivity index (χ2n) is 7.56. The minimum Gasteiger partial charge on any atom is -0.489 e. The van der Waals surface area contributed by atoms with Gasteiger partial charge < -0.3 is 18.9 Å². The highest BCUT2D eigenvalue weighted by atomic mass is 79.9. The second-order valence-corrected chi connectivity index (χ2v) is 8.91. The van der Waals surface area contributed by atoms with Crippen LogP contribution in [0.2, 0.25) is 5.02 Å². The molecule has 32 heavy (non-hydrogen) atoms. The van der Waals surface area contributed by atoms with Crippen LogP contribution in [0.3, 0.4) is 0 Å². The first-order valence-electron chi connectivity index (χ1n) is 9.97. The van der Waals surface area contributed by atoms with E-state index in [2.05, 4.69) is 15.9 Å². The fourth-order valence-electron chi connectivity index (χ4n) is 3.77. The van der Waals surface area contributed by atoms with Gasteiger partial charge in [-0.3, -0.25) is 4.79 Å². The van der Waals surface area contributed by atoms with E-state index in [-0.39, 0.29) is 18.3 Å². The molecule has 162 valence electrons. The van der Waals surface area contributed by atoms with E-state index in [1.807, 2.05) is 49.4 Å². The van der Waals surface area contributed by atoms with Crippen molar-refractivity contribution >= 4 is 39.4 Å². The number of carbonyl (C=O) groups excluding carboxylic acids is 1. The van der Waals surface area contributed by atoms with E-state index in [1.165, 1.54) is 0 Å². The molecule has 0 fully saturated rings. The first kappa shape index (κ1) is 21.1. The van der Waals surface area contributed by atoms with Crippen LogP contribution in [0.15, 0.2) is 58.8 Å². The summed E-state index contributed by atoms with van der Waals surface area (Å²) in [5, 5.41) is 0.679. The van der Waals surface area contributed by atoms with Gasteiger partial charge in [0, 0.05) is 26.7 Å². The van der Waals surface area contributed by atoms with Gasteiger partial charge in [-0.2, -0.15) is 0 Å². The zero-order chi connectivity index (χ0) is 22.2. The lowest BCUT2D eigenvalue weighted by Gasteiger charge is -2.20. The van der Waals surface area contributed by atoms with Crippen molar-refractivity contribution in [2.24, 2.45) is 0 Å². The number of aryl methyl sites for hydroxylation is 1. The van der Waals surface area contributed by atoms with E-state index in [9.17, 15) is 4.79 Å². The molecule has 0 amide bonds. The summed E-state index contributed by atoms with van der Waals surface area (Å²) in [7, 11) is 0. The largest absolute Gasteiger partial charge is 0.489 e. The van der Waals surface area contributed by atoms with Crippen molar-refractivity contribution in [1.29, 1.82) is 0 Å². The number of fused-ring (bicyclic) bond motifs is 2. The summed E-state index contributed by atoms with van der Waals surface area (Å²) < 4.78 is 23.8. The number of hydrogen-bond donors (Lipinski definition) is 0. The van der Waals surface area contributed by atoms with Gasteiger partial charge in [0.15, 0.2) is 12.6 Å². The number of halogens is 2. The molecule has 3 aromatic carbocycles. The van der Waals surface area contributed by atoms with Crippen LogP contribution >= 0.6 is 27.5 Å². The Kier molecular flexibility index (Phi) is 5.67. The summed E-state index contributed by atoms with van der Waals surface area (Å²) in [4.78, 5) is 13.1. The van der Waals surface area contributed by atoms with Crippen LogP contribution in [0.5, 0.6) is 17.2 Å². The average Bonchev–Trinajstić information content (AvgIpc) is 3.08. The predicted octanol–water partition coefficient (Wildman–Crippen LogP) is 6.47.